The maximum Gasteiger partial charge on any atom is 0.188 e. The molecule has 0 aromatic carbocycles. The molecule has 0 aliphatic carbocycles. The molecule has 1 aliphatic heterocycles. The normalized spacial score (nSPS) is 19.7. The SMILES string of the molecule is Cc1cc(Nc2ncc(C)s2)nc(C2CCCN(C)C2)n1. The van der Waals surface area contributed by atoms with Gasteiger partial charge in [-0.15, -0.1) is 11.3 Å². The molecular weight excluding hydrogens is 282 g/mol. The Bertz CT molecular complexity index is 624. The van der Waals surface area contributed by atoms with Gasteiger partial charge in [-0.2, -0.15) is 0 Å². The third-order valence-electron chi connectivity index (χ3n) is 3.72. The molecule has 3 rings (SSSR count). The number of hydrogen-bond donors (Lipinski definition) is 1. The minimum absolute atomic E-state index is 0.433. The average Bonchev–Trinajstić information content (AvgIpc) is 2.83. The number of nitrogens with one attached hydrogen (secondary N) is 1. The van der Waals surface area contributed by atoms with Crippen molar-refractivity contribution < 1.29 is 0 Å². The van der Waals surface area contributed by atoms with Crippen molar-refractivity contribution in [1.82, 2.24) is 19.9 Å². The van der Waals surface area contributed by atoms with Gasteiger partial charge in [-0.3, -0.25) is 0 Å². The van der Waals surface area contributed by atoms with Gasteiger partial charge in [0, 0.05) is 35.3 Å². The molecule has 0 radical (unpaired) electrons. The lowest BCUT2D eigenvalue weighted by molar-refractivity contribution is 0.246. The molecule has 0 bridgehead atoms. The number of aryl methyl sites for hydroxylation is 2. The summed E-state index contributed by atoms with van der Waals surface area (Å²) in [5.74, 6) is 2.24. The van der Waals surface area contributed by atoms with Crippen LogP contribution in [-0.4, -0.2) is 40.0 Å². The number of hydrogen-bond acceptors (Lipinski definition) is 6. The van der Waals surface area contributed by atoms with E-state index < -0.39 is 0 Å². The van der Waals surface area contributed by atoms with Gasteiger partial charge in [-0.25, -0.2) is 15.0 Å². The van der Waals surface area contributed by atoms with E-state index in [0.717, 1.165) is 29.0 Å². The molecule has 1 saturated heterocycles. The summed E-state index contributed by atoms with van der Waals surface area (Å²) in [6.07, 6.45) is 4.26. The van der Waals surface area contributed by atoms with Crippen molar-refractivity contribution in [2.24, 2.45) is 0 Å². The molecule has 3 heterocycles. The van der Waals surface area contributed by atoms with Crippen molar-refractivity contribution in [1.29, 1.82) is 0 Å². The molecule has 0 spiro atoms. The first kappa shape index (κ1) is 14.4. The molecule has 1 fully saturated rings. The highest BCUT2D eigenvalue weighted by atomic mass is 32.1. The van der Waals surface area contributed by atoms with Crippen molar-refractivity contribution in [3.8, 4) is 0 Å². The van der Waals surface area contributed by atoms with Crippen LogP contribution in [0.5, 0.6) is 0 Å². The number of anilines is 2. The van der Waals surface area contributed by atoms with Gasteiger partial charge >= 0.3 is 0 Å². The number of likely N-dealkylation sites (N-methyl/N-ethyl adjacent to an activating group) is 1. The van der Waals surface area contributed by atoms with Crippen LogP contribution in [0.3, 0.4) is 0 Å². The van der Waals surface area contributed by atoms with E-state index in [2.05, 4.69) is 34.2 Å². The number of nitrogens with zero attached hydrogens (tertiary/aromatic N) is 4. The minimum Gasteiger partial charge on any atom is -0.316 e. The lowest BCUT2D eigenvalue weighted by Gasteiger charge is -2.28. The molecule has 1 aliphatic rings. The first-order valence-electron chi connectivity index (χ1n) is 7.34. The minimum atomic E-state index is 0.433. The predicted octanol–water partition coefficient (Wildman–Crippen LogP) is 3.10. The van der Waals surface area contributed by atoms with Gasteiger partial charge in [0.2, 0.25) is 0 Å². The smallest absolute Gasteiger partial charge is 0.188 e. The van der Waals surface area contributed by atoms with Crippen molar-refractivity contribution >= 4 is 22.3 Å². The van der Waals surface area contributed by atoms with E-state index in [0.29, 0.717) is 5.92 Å². The van der Waals surface area contributed by atoms with Gasteiger partial charge in [0.1, 0.15) is 11.6 Å². The Kier molecular flexibility index (Phi) is 4.17. The molecular formula is C15H21N5S. The Balaban J connectivity index is 1.82. The number of likely N-dealkylation sites (tertiary alicyclic amines) is 1. The fourth-order valence-electron chi connectivity index (χ4n) is 2.74. The van der Waals surface area contributed by atoms with Crippen LogP contribution in [0.15, 0.2) is 12.3 Å². The molecule has 6 heteroatoms. The highest BCUT2D eigenvalue weighted by molar-refractivity contribution is 7.15. The van der Waals surface area contributed by atoms with Crippen LogP contribution in [0.2, 0.25) is 0 Å². The summed E-state index contributed by atoms with van der Waals surface area (Å²) in [6, 6.07) is 1.98. The lowest BCUT2D eigenvalue weighted by atomic mass is 9.97. The van der Waals surface area contributed by atoms with Gasteiger partial charge in [-0.05, 0) is 40.3 Å². The Morgan fingerprint density at radius 3 is 2.90 bits per heavy atom. The molecule has 21 heavy (non-hydrogen) atoms. The van der Waals surface area contributed by atoms with Crippen LogP contribution in [0.25, 0.3) is 0 Å². The Hall–Kier alpha value is -1.53. The standard InChI is InChI=1S/C15H21N5S/c1-10-7-13(19-15-16-8-11(2)21-15)18-14(17-10)12-5-4-6-20(3)9-12/h7-8,12H,4-6,9H2,1-3H3,(H,16,17,18,19). The third kappa shape index (κ3) is 3.57. The third-order valence-corrected chi connectivity index (χ3v) is 4.55. The molecule has 1 atom stereocenters. The second-order valence-corrected chi connectivity index (χ2v) is 6.99. The van der Waals surface area contributed by atoms with Crippen molar-refractivity contribution in [2.75, 3.05) is 25.5 Å². The Morgan fingerprint density at radius 1 is 1.33 bits per heavy atom. The maximum absolute atomic E-state index is 4.71. The Morgan fingerprint density at radius 2 is 2.19 bits per heavy atom. The predicted molar refractivity (Wildman–Crippen MR) is 86.4 cm³/mol. The largest absolute Gasteiger partial charge is 0.316 e. The van der Waals surface area contributed by atoms with Gasteiger partial charge in [0.25, 0.3) is 0 Å². The highest BCUT2D eigenvalue weighted by Gasteiger charge is 2.22. The summed E-state index contributed by atoms with van der Waals surface area (Å²) in [7, 11) is 2.17. The first-order chi connectivity index (χ1) is 10.1. The number of thiazole rings is 1. The second-order valence-electron chi connectivity index (χ2n) is 5.76. The zero-order chi connectivity index (χ0) is 14.8. The van der Waals surface area contributed by atoms with Crippen LogP contribution in [0.1, 0.15) is 35.2 Å². The van der Waals surface area contributed by atoms with E-state index in [1.54, 1.807) is 11.3 Å². The second kappa shape index (κ2) is 6.07. The van der Waals surface area contributed by atoms with Crippen molar-refractivity contribution in [2.45, 2.75) is 32.6 Å². The molecule has 0 saturated carbocycles. The molecule has 2 aromatic rings. The van der Waals surface area contributed by atoms with Crippen molar-refractivity contribution in [3.63, 3.8) is 0 Å². The van der Waals surface area contributed by atoms with E-state index in [9.17, 15) is 0 Å². The topological polar surface area (TPSA) is 53.9 Å². The zero-order valence-corrected chi connectivity index (χ0v) is 13.6. The van der Waals surface area contributed by atoms with Crippen LogP contribution >= 0.6 is 11.3 Å². The summed E-state index contributed by atoms with van der Waals surface area (Å²) < 4.78 is 0. The summed E-state index contributed by atoms with van der Waals surface area (Å²) in [5, 5.41) is 4.19. The van der Waals surface area contributed by atoms with Crippen molar-refractivity contribution in [3.05, 3.63) is 28.7 Å². The molecule has 0 amide bonds. The molecule has 1 unspecified atom stereocenters. The summed E-state index contributed by atoms with van der Waals surface area (Å²) >= 11 is 1.64. The van der Waals surface area contributed by atoms with E-state index in [1.807, 2.05) is 19.2 Å². The summed E-state index contributed by atoms with van der Waals surface area (Å²) in [6.45, 7) is 6.29. The van der Waals surface area contributed by atoms with Crippen LogP contribution in [0.4, 0.5) is 10.9 Å². The zero-order valence-electron chi connectivity index (χ0n) is 12.8. The van der Waals surface area contributed by atoms with E-state index in [1.165, 1.54) is 24.3 Å². The molecule has 1 N–H and O–H groups in total. The van der Waals surface area contributed by atoms with Gasteiger partial charge in [-0.1, -0.05) is 0 Å². The van der Waals surface area contributed by atoms with E-state index in [-0.39, 0.29) is 0 Å². The lowest BCUT2D eigenvalue weighted by Crippen LogP contribution is -2.31. The van der Waals surface area contributed by atoms with E-state index >= 15 is 0 Å². The number of aromatic nitrogens is 3. The fraction of sp³-hybridized carbons (Fsp3) is 0.533. The van der Waals surface area contributed by atoms with Crippen LogP contribution in [-0.2, 0) is 0 Å². The maximum atomic E-state index is 4.71. The van der Waals surface area contributed by atoms with Crippen LogP contribution in [0, 0.1) is 13.8 Å². The fourth-order valence-corrected chi connectivity index (χ4v) is 3.41. The summed E-state index contributed by atoms with van der Waals surface area (Å²) in [4.78, 5) is 17.2. The monoisotopic (exact) mass is 303 g/mol. The molecule has 112 valence electrons. The van der Waals surface area contributed by atoms with Gasteiger partial charge < -0.3 is 10.2 Å². The Labute approximate surface area is 129 Å². The highest BCUT2D eigenvalue weighted by Crippen LogP contribution is 2.26. The average molecular weight is 303 g/mol. The van der Waals surface area contributed by atoms with Gasteiger partial charge in [0.15, 0.2) is 5.13 Å². The van der Waals surface area contributed by atoms with Crippen LogP contribution < -0.4 is 5.32 Å². The quantitative estimate of drug-likeness (QED) is 0.944. The van der Waals surface area contributed by atoms with Gasteiger partial charge in [0.05, 0.1) is 0 Å². The van der Waals surface area contributed by atoms with E-state index in [4.69, 9.17) is 4.98 Å². The molecule has 2 aromatic heterocycles. The summed E-state index contributed by atoms with van der Waals surface area (Å²) in [5.41, 5.74) is 1.00. The first-order valence-corrected chi connectivity index (χ1v) is 8.15. The number of piperidine rings is 1. The molecule has 5 nitrogen and oxygen atoms in total. The number of rotatable bonds is 3.